The van der Waals surface area contributed by atoms with Crippen LogP contribution in [0.5, 0.6) is 0 Å². The van der Waals surface area contributed by atoms with E-state index in [0.717, 1.165) is 29.6 Å². The third-order valence-corrected chi connectivity index (χ3v) is 5.94. The van der Waals surface area contributed by atoms with Gasteiger partial charge in [0.25, 0.3) is 0 Å². The molecule has 20 heavy (non-hydrogen) atoms. The van der Waals surface area contributed by atoms with Crippen molar-refractivity contribution in [3.05, 3.63) is 41.5 Å². The smallest absolute Gasteiger partial charge is 0.163 e. The van der Waals surface area contributed by atoms with Crippen LogP contribution in [-0.4, -0.2) is 9.97 Å². The fraction of sp³-hybridized carbons (Fsp3) is 0.0769. The second-order valence-electron chi connectivity index (χ2n) is 4.14. The Bertz CT molecular complexity index is 833. The zero-order chi connectivity index (χ0) is 14.4. The molecule has 0 fully saturated rings. The van der Waals surface area contributed by atoms with Gasteiger partial charge in [-0.2, -0.15) is 0 Å². The summed E-state index contributed by atoms with van der Waals surface area (Å²) < 4.78 is 1.96. The van der Waals surface area contributed by atoms with Gasteiger partial charge in [0.05, 0.1) is 13.1 Å². The number of nitrogens with zero attached hydrogens (tertiary/aromatic N) is 2. The molecule has 0 unspecified atom stereocenters. The van der Waals surface area contributed by atoms with Crippen LogP contribution in [0.3, 0.4) is 0 Å². The van der Waals surface area contributed by atoms with E-state index in [0.29, 0.717) is 16.0 Å². The largest absolute Gasteiger partial charge is 0.227 e. The minimum atomic E-state index is 0.430. The molecule has 0 bridgehead atoms. The molecule has 0 radical (unpaired) electrons. The predicted molar refractivity (Wildman–Crippen MR) is 93.0 cm³/mol. The number of hydrogen-bond donors (Lipinski definition) is 0. The summed E-state index contributed by atoms with van der Waals surface area (Å²) in [6.45, 7) is 1.93. The Labute approximate surface area is 146 Å². The Morgan fingerprint density at radius 3 is 2.55 bits per heavy atom. The van der Waals surface area contributed by atoms with Crippen LogP contribution < -0.4 is 0 Å². The highest BCUT2D eigenvalue weighted by Gasteiger charge is 2.15. The van der Waals surface area contributed by atoms with Gasteiger partial charge in [0.2, 0.25) is 0 Å². The maximum absolute atomic E-state index is 6.28. The van der Waals surface area contributed by atoms with Crippen LogP contribution in [0, 0.1) is 6.92 Å². The summed E-state index contributed by atoms with van der Waals surface area (Å²) >= 11 is 21.0. The monoisotopic (exact) mass is 450 g/mol. The molecule has 2 heterocycles. The molecule has 1 aromatic carbocycles. The summed E-state index contributed by atoms with van der Waals surface area (Å²) in [6, 6.07) is 5.62. The summed E-state index contributed by atoms with van der Waals surface area (Å²) in [4.78, 5) is 9.00. The van der Waals surface area contributed by atoms with Crippen molar-refractivity contribution in [2.45, 2.75) is 6.92 Å². The maximum Gasteiger partial charge on any atom is 0.163 e. The lowest BCUT2D eigenvalue weighted by molar-refractivity contribution is 1.22. The summed E-state index contributed by atoms with van der Waals surface area (Å²) in [5.41, 5.74) is 2.59. The Balaban J connectivity index is 2.34. The summed E-state index contributed by atoms with van der Waals surface area (Å²) in [6.07, 6.45) is 0. The number of rotatable bonds is 1. The molecule has 0 spiro atoms. The van der Waals surface area contributed by atoms with Crippen molar-refractivity contribution in [2.75, 3.05) is 0 Å². The minimum Gasteiger partial charge on any atom is -0.227 e. The molecular formula is C13H6Br2Cl2N2S. The lowest BCUT2D eigenvalue weighted by Gasteiger charge is -2.07. The van der Waals surface area contributed by atoms with Crippen LogP contribution in [0.4, 0.5) is 0 Å². The van der Waals surface area contributed by atoms with Crippen LogP contribution in [0.1, 0.15) is 5.56 Å². The van der Waals surface area contributed by atoms with E-state index in [4.69, 9.17) is 23.2 Å². The minimum absolute atomic E-state index is 0.430. The van der Waals surface area contributed by atoms with E-state index >= 15 is 0 Å². The maximum atomic E-state index is 6.28. The first-order valence-corrected chi connectivity index (χ1v) is 8.71. The second kappa shape index (κ2) is 5.54. The van der Waals surface area contributed by atoms with Gasteiger partial charge in [-0.1, -0.05) is 23.2 Å². The summed E-state index contributed by atoms with van der Waals surface area (Å²) in [5, 5.41) is 1.91. The third kappa shape index (κ3) is 2.50. The van der Waals surface area contributed by atoms with Gasteiger partial charge in [-0.05, 0) is 62.5 Å². The molecule has 0 aliphatic heterocycles. The molecule has 0 saturated heterocycles. The lowest BCUT2D eigenvalue weighted by atomic mass is 10.1. The highest BCUT2D eigenvalue weighted by molar-refractivity contribution is 9.12. The molecule has 0 aliphatic rings. The number of halogens is 4. The van der Waals surface area contributed by atoms with E-state index < -0.39 is 0 Å². The molecule has 7 heteroatoms. The Morgan fingerprint density at radius 2 is 1.90 bits per heavy atom. The molecule has 0 amide bonds. The molecular weight excluding hydrogens is 447 g/mol. The van der Waals surface area contributed by atoms with Gasteiger partial charge in [-0.25, -0.2) is 9.97 Å². The van der Waals surface area contributed by atoms with Crippen LogP contribution in [0.2, 0.25) is 10.2 Å². The third-order valence-electron chi connectivity index (χ3n) is 2.91. The Kier molecular flexibility index (Phi) is 4.08. The SMILES string of the molecule is Cc1c(Cl)ccc2c(Cl)nc(-c3cc(Br)sc3Br)nc12. The van der Waals surface area contributed by atoms with Crippen molar-refractivity contribution >= 4 is 77.3 Å². The molecule has 0 atom stereocenters. The van der Waals surface area contributed by atoms with E-state index in [9.17, 15) is 0 Å². The average Bonchev–Trinajstić information content (AvgIpc) is 2.73. The van der Waals surface area contributed by atoms with Crippen molar-refractivity contribution in [2.24, 2.45) is 0 Å². The molecule has 0 aliphatic carbocycles. The summed E-state index contributed by atoms with van der Waals surface area (Å²) in [7, 11) is 0. The second-order valence-corrected chi connectivity index (χ2v) is 8.66. The zero-order valence-electron chi connectivity index (χ0n) is 10.0. The van der Waals surface area contributed by atoms with E-state index in [1.807, 2.05) is 25.1 Å². The molecule has 3 rings (SSSR count). The molecule has 3 aromatic rings. The quantitative estimate of drug-likeness (QED) is 0.394. The zero-order valence-corrected chi connectivity index (χ0v) is 15.5. The van der Waals surface area contributed by atoms with Crippen molar-refractivity contribution in [1.82, 2.24) is 9.97 Å². The van der Waals surface area contributed by atoms with Gasteiger partial charge in [-0.3, -0.25) is 0 Å². The summed E-state index contributed by atoms with van der Waals surface area (Å²) in [5.74, 6) is 0.585. The topological polar surface area (TPSA) is 25.8 Å². The highest BCUT2D eigenvalue weighted by Crippen LogP contribution is 2.38. The number of benzene rings is 1. The first-order valence-electron chi connectivity index (χ1n) is 5.55. The van der Waals surface area contributed by atoms with Crippen molar-refractivity contribution in [1.29, 1.82) is 0 Å². The molecule has 0 N–H and O–H groups in total. The van der Waals surface area contributed by atoms with E-state index in [1.165, 1.54) is 0 Å². The number of aromatic nitrogens is 2. The fourth-order valence-corrected chi connectivity index (χ4v) is 5.06. The van der Waals surface area contributed by atoms with Crippen LogP contribution in [0.15, 0.2) is 25.8 Å². The number of fused-ring (bicyclic) bond motifs is 1. The van der Waals surface area contributed by atoms with Gasteiger partial charge in [0.1, 0.15) is 5.15 Å². The number of hydrogen-bond acceptors (Lipinski definition) is 3. The molecule has 2 nitrogen and oxygen atoms in total. The first kappa shape index (κ1) is 14.7. The van der Waals surface area contributed by atoms with Gasteiger partial charge in [-0.15, -0.1) is 11.3 Å². The first-order chi connectivity index (χ1) is 9.47. The molecule has 2 aromatic heterocycles. The number of thiophene rings is 1. The van der Waals surface area contributed by atoms with Crippen molar-refractivity contribution in [3.63, 3.8) is 0 Å². The van der Waals surface area contributed by atoms with Crippen LogP contribution >= 0.6 is 66.4 Å². The van der Waals surface area contributed by atoms with E-state index in [1.54, 1.807) is 11.3 Å². The fourth-order valence-electron chi connectivity index (χ4n) is 1.88. The van der Waals surface area contributed by atoms with Gasteiger partial charge < -0.3 is 0 Å². The van der Waals surface area contributed by atoms with Gasteiger partial charge in [0.15, 0.2) is 5.82 Å². The Hall–Kier alpha value is -0.200. The highest BCUT2D eigenvalue weighted by atomic mass is 79.9. The van der Waals surface area contributed by atoms with Crippen LogP contribution in [-0.2, 0) is 0 Å². The molecule has 102 valence electrons. The normalized spacial score (nSPS) is 11.2. The van der Waals surface area contributed by atoms with Crippen LogP contribution in [0.25, 0.3) is 22.3 Å². The Morgan fingerprint density at radius 1 is 1.15 bits per heavy atom. The molecule has 0 saturated carbocycles. The lowest BCUT2D eigenvalue weighted by Crippen LogP contribution is -1.93. The van der Waals surface area contributed by atoms with Gasteiger partial charge >= 0.3 is 0 Å². The van der Waals surface area contributed by atoms with E-state index in [-0.39, 0.29) is 0 Å². The van der Waals surface area contributed by atoms with Crippen molar-refractivity contribution in [3.8, 4) is 11.4 Å². The predicted octanol–water partition coefficient (Wildman–Crippen LogP) is 6.50. The van der Waals surface area contributed by atoms with E-state index in [2.05, 4.69) is 41.8 Å². The van der Waals surface area contributed by atoms with Crippen molar-refractivity contribution < 1.29 is 0 Å². The average molecular weight is 453 g/mol. The standard InChI is InChI=1S/C13H6Br2Cl2N2S/c1-5-8(16)3-2-6-10(5)18-13(19-12(6)17)7-4-9(14)20-11(7)15/h2-4H,1H3. The van der Waals surface area contributed by atoms with Gasteiger partial charge in [0, 0.05) is 16.0 Å². The number of aryl methyl sites for hydroxylation is 1.